The summed E-state index contributed by atoms with van der Waals surface area (Å²) in [6.45, 7) is 4.09. The van der Waals surface area contributed by atoms with Gasteiger partial charge in [0.05, 0.1) is 17.8 Å². The summed E-state index contributed by atoms with van der Waals surface area (Å²) < 4.78 is 5.00. The van der Waals surface area contributed by atoms with Crippen molar-refractivity contribution in [2.75, 3.05) is 33.3 Å². The number of carbonyl (C=O) groups is 2. The van der Waals surface area contributed by atoms with Gasteiger partial charge in [-0.2, -0.15) is 0 Å². The lowest BCUT2D eigenvalue weighted by atomic mass is 10.0. The molecule has 1 fully saturated rings. The molecule has 1 aromatic carbocycles. The summed E-state index contributed by atoms with van der Waals surface area (Å²) in [6, 6.07) is 6.69. The van der Waals surface area contributed by atoms with E-state index >= 15 is 0 Å². The van der Waals surface area contributed by atoms with Gasteiger partial charge >= 0.3 is 5.97 Å². The third-order valence-electron chi connectivity index (χ3n) is 4.65. The highest BCUT2D eigenvalue weighted by Crippen LogP contribution is 2.29. The molecule has 3 rings (SSSR count). The van der Waals surface area contributed by atoms with Crippen molar-refractivity contribution in [3.05, 3.63) is 57.0 Å². The van der Waals surface area contributed by atoms with Crippen LogP contribution in [-0.4, -0.2) is 59.9 Å². The third kappa shape index (κ3) is 4.79. The molecule has 8 heteroatoms. The average Bonchev–Trinajstić information content (AvgIpc) is 3.13. The lowest BCUT2D eigenvalue weighted by molar-refractivity contribution is -0.148. The first-order valence-electron chi connectivity index (χ1n) is 8.95. The smallest absolute Gasteiger partial charge is 0.327 e. The van der Waals surface area contributed by atoms with Crippen molar-refractivity contribution in [1.82, 2.24) is 14.8 Å². The molecule has 1 amide bonds. The first-order valence-corrected chi connectivity index (χ1v) is 10.2. The normalized spacial score (nSPS) is 16.3. The highest BCUT2D eigenvalue weighted by Gasteiger charge is 2.33. The molecule has 0 spiro atoms. The summed E-state index contributed by atoms with van der Waals surface area (Å²) in [5.74, 6) is -0.413. The fourth-order valence-electron chi connectivity index (χ4n) is 3.20. The molecule has 148 valence electrons. The van der Waals surface area contributed by atoms with E-state index in [-0.39, 0.29) is 11.9 Å². The van der Waals surface area contributed by atoms with Crippen molar-refractivity contribution in [2.24, 2.45) is 0 Å². The summed E-state index contributed by atoms with van der Waals surface area (Å²) in [5, 5.41) is 3.41. The number of methoxy groups -OCH3 is 1. The molecule has 0 bridgehead atoms. The molecule has 1 aromatic heterocycles. The average molecular weight is 420 g/mol. The van der Waals surface area contributed by atoms with E-state index in [0.29, 0.717) is 31.2 Å². The monoisotopic (exact) mass is 419 g/mol. The van der Waals surface area contributed by atoms with Crippen LogP contribution in [0, 0.1) is 6.92 Å². The number of benzene rings is 1. The Morgan fingerprint density at radius 2 is 1.96 bits per heavy atom. The molecule has 1 aliphatic heterocycles. The summed E-state index contributed by atoms with van der Waals surface area (Å²) >= 11 is 7.86. The SMILES string of the molecule is COC(=O)C(c1ccccc1Cl)N1CCN(C(=O)C=Cc2csc(C)n2)CC1. The number of aromatic nitrogens is 1. The molecule has 0 radical (unpaired) electrons. The number of hydrogen-bond donors (Lipinski definition) is 0. The Bertz CT molecular complexity index is 875. The largest absolute Gasteiger partial charge is 0.468 e. The molecule has 2 heterocycles. The topological polar surface area (TPSA) is 62.7 Å². The molecule has 0 N–H and O–H groups in total. The zero-order valence-electron chi connectivity index (χ0n) is 15.8. The van der Waals surface area contributed by atoms with Crippen molar-refractivity contribution < 1.29 is 14.3 Å². The molecule has 1 aliphatic rings. The summed E-state index contributed by atoms with van der Waals surface area (Å²) in [4.78, 5) is 33.0. The van der Waals surface area contributed by atoms with Crippen LogP contribution in [0.2, 0.25) is 5.02 Å². The van der Waals surface area contributed by atoms with Gasteiger partial charge in [-0.3, -0.25) is 9.69 Å². The second kappa shape index (κ2) is 9.32. The quantitative estimate of drug-likeness (QED) is 0.550. The molecule has 6 nitrogen and oxygen atoms in total. The fourth-order valence-corrected chi connectivity index (χ4v) is 4.02. The number of esters is 1. The van der Waals surface area contributed by atoms with Gasteiger partial charge in [0.25, 0.3) is 0 Å². The number of rotatable bonds is 5. The van der Waals surface area contributed by atoms with E-state index in [1.165, 1.54) is 7.11 Å². The van der Waals surface area contributed by atoms with Crippen LogP contribution in [0.25, 0.3) is 6.08 Å². The Hall–Kier alpha value is -2.22. The molecule has 0 saturated carbocycles. The van der Waals surface area contributed by atoms with E-state index in [0.717, 1.165) is 16.3 Å². The zero-order valence-corrected chi connectivity index (χ0v) is 17.4. The number of hydrogen-bond acceptors (Lipinski definition) is 6. The second-order valence-electron chi connectivity index (χ2n) is 6.43. The first-order chi connectivity index (χ1) is 13.5. The summed E-state index contributed by atoms with van der Waals surface area (Å²) in [7, 11) is 1.37. The number of thiazole rings is 1. The minimum absolute atomic E-state index is 0.0577. The predicted octanol–water partition coefficient (Wildman–Crippen LogP) is 3.18. The van der Waals surface area contributed by atoms with Crippen molar-refractivity contribution in [3.8, 4) is 0 Å². The molecule has 1 unspecified atom stereocenters. The van der Waals surface area contributed by atoms with E-state index in [9.17, 15) is 9.59 Å². The molecule has 1 atom stereocenters. The van der Waals surface area contributed by atoms with E-state index in [2.05, 4.69) is 4.98 Å². The Morgan fingerprint density at radius 1 is 1.25 bits per heavy atom. The highest BCUT2D eigenvalue weighted by atomic mass is 35.5. The van der Waals surface area contributed by atoms with Crippen LogP contribution in [0.5, 0.6) is 0 Å². The predicted molar refractivity (Wildman–Crippen MR) is 110 cm³/mol. The molecular formula is C20H22ClN3O3S. The van der Waals surface area contributed by atoms with E-state index in [4.69, 9.17) is 16.3 Å². The van der Waals surface area contributed by atoms with Gasteiger partial charge in [-0.05, 0) is 24.6 Å². The van der Waals surface area contributed by atoms with Gasteiger partial charge in [-0.25, -0.2) is 9.78 Å². The minimum Gasteiger partial charge on any atom is -0.468 e. The van der Waals surface area contributed by atoms with E-state index in [1.807, 2.05) is 35.4 Å². The van der Waals surface area contributed by atoms with Crippen molar-refractivity contribution >= 4 is 40.9 Å². The first kappa shape index (κ1) is 20.5. The third-order valence-corrected chi connectivity index (χ3v) is 5.78. The molecule has 28 heavy (non-hydrogen) atoms. The number of piperazine rings is 1. The van der Waals surface area contributed by atoms with Gasteiger partial charge in [0.1, 0.15) is 6.04 Å². The van der Waals surface area contributed by atoms with Crippen LogP contribution in [0.1, 0.15) is 22.3 Å². The van der Waals surface area contributed by atoms with Crippen LogP contribution in [0.4, 0.5) is 0 Å². The Balaban J connectivity index is 1.65. The van der Waals surface area contributed by atoms with Crippen LogP contribution in [-0.2, 0) is 14.3 Å². The lowest BCUT2D eigenvalue weighted by Gasteiger charge is -2.38. The van der Waals surface area contributed by atoms with E-state index in [1.54, 1.807) is 34.5 Å². The lowest BCUT2D eigenvalue weighted by Crippen LogP contribution is -2.50. The number of nitrogens with zero attached hydrogens (tertiary/aromatic N) is 3. The second-order valence-corrected chi connectivity index (χ2v) is 7.90. The van der Waals surface area contributed by atoms with Crippen molar-refractivity contribution in [3.63, 3.8) is 0 Å². The van der Waals surface area contributed by atoms with Crippen molar-refractivity contribution in [2.45, 2.75) is 13.0 Å². The van der Waals surface area contributed by atoms with Gasteiger partial charge < -0.3 is 9.64 Å². The molecule has 2 aromatic rings. The summed E-state index contributed by atoms with van der Waals surface area (Å²) in [6.07, 6.45) is 3.29. The van der Waals surface area contributed by atoms with Gasteiger partial charge in [-0.15, -0.1) is 11.3 Å². The van der Waals surface area contributed by atoms with Crippen LogP contribution in [0.3, 0.4) is 0 Å². The van der Waals surface area contributed by atoms with Crippen LogP contribution < -0.4 is 0 Å². The standard InChI is InChI=1S/C20H22ClN3O3S/c1-14-22-15(13-28-14)7-8-18(25)23-9-11-24(12-10-23)19(20(26)27-2)16-5-3-4-6-17(16)21/h3-8,13,19H,9-12H2,1-2H3. The molecule has 1 saturated heterocycles. The maximum absolute atomic E-state index is 12.5. The summed E-state index contributed by atoms with van der Waals surface area (Å²) in [5.41, 5.74) is 1.51. The zero-order chi connectivity index (χ0) is 20.1. The molecule has 0 aliphatic carbocycles. The highest BCUT2D eigenvalue weighted by molar-refractivity contribution is 7.09. The number of aryl methyl sites for hydroxylation is 1. The van der Waals surface area contributed by atoms with Gasteiger partial charge in [-0.1, -0.05) is 29.8 Å². The minimum atomic E-state index is -0.579. The number of halogens is 1. The van der Waals surface area contributed by atoms with Gasteiger partial charge in [0, 0.05) is 42.7 Å². The Morgan fingerprint density at radius 3 is 2.57 bits per heavy atom. The number of amides is 1. The van der Waals surface area contributed by atoms with Crippen molar-refractivity contribution in [1.29, 1.82) is 0 Å². The van der Waals surface area contributed by atoms with Gasteiger partial charge in [0.15, 0.2) is 0 Å². The maximum atomic E-state index is 12.5. The number of ether oxygens (including phenoxy) is 1. The fraction of sp³-hybridized carbons (Fsp3) is 0.350. The maximum Gasteiger partial charge on any atom is 0.327 e. The van der Waals surface area contributed by atoms with Crippen LogP contribution in [0.15, 0.2) is 35.7 Å². The van der Waals surface area contributed by atoms with E-state index < -0.39 is 6.04 Å². The van der Waals surface area contributed by atoms with Crippen LogP contribution >= 0.6 is 22.9 Å². The Labute approximate surface area is 173 Å². The number of carbonyl (C=O) groups excluding carboxylic acids is 2. The Kier molecular flexibility index (Phi) is 6.83. The van der Waals surface area contributed by atoms with Gasteiger partial charge in [0.2, 0.25) is 5.91 Å². The molecular weight excluding hydrogens is 398 g/mol.